The summed E-state index contributed by atoms with van der Waals surface area (Å²) in [5, 5.41) is 0. The largest absolute Gasteiger partial charge is 0.493 e. The molecule has 0 aromatic heterocycles. The SMILES string of the molecule is CCCCCCCCCCC(COCCOCCOCCOCCOCCOCCOCCOCCOCCOCCOCCOCCOc1ccc(C(=O)Oc2ccc(-c3ccc(OCCC(F)(F)C(F)(F)C(F)(F)C(F)(F)C(F)(F)C(F)(F)F)cc3)cc2)cc1)Oc1ccc(C(=O)Oc2ccc(-c3ccc(OCCC(F)(F)C(F)(F)C(F)(F)C(F)(F)C(F)(F)C(F)(F)F)cc3)cc2)cc1. The lowest BCUT2D eigenvalue weighted by molar-refractivity contribution is -0.440. The minimum atomic E-state index is -7.99. The van der Waals surface area contributed by atoms with E-state index in [4.69, 9.17) is 85.3 Å². The van der Waals surface area contributed by atoms with E-state index < -0.39 is 110 Å². The summed E-state index contributed by atoms with van der Waals surface area (Å²) in [5.74, 6) is -75.7. The summed E-state index contributed by atoms with van der Waals surface area (Å²) >= 11 is 0. The lowest BCUT2D eigenvalue weighted by Gasteiger charge is -2.39. The maximum Gasteiger partial charge on any atom is 0.460 e. The molecule has 0 amide bonds. The van der Waals surface area contributed by atoms with Crippen molar-refractivity contribution in [2.45, 2.75) is 155 Å². The molecular formula is C90H104F26O20. The lowest BCUT2D eigenvalue weighted by Crippen LogP contribution is -2.70. The number of unbranched alkanes of at least 4 members (excludes halogenated alkanes) is 7. The van der Waals surface area contributed by atoms with Crippen molar-refractivity contribution in [3.8, 4) is 56.8 Å². The van der Waals surface area contributed by atoms with Crippen LogP contribution in [-0.4, -0.2) is 268 Å². The molecule has 0 aliphatic heterocycles. The normalized spacial score (nSPS) is 13.3. The fourth-order valence-corrected chi connectivity index (χ4v) is 11.8. The van der Waals surface area contributed by atoms with Gasteiger partial charge in [0.15, 0.2) is 0 Å². The summed E-state index contributed by atoms with van der Waals surface area (Å²) < 4.78 is 449. The highest BCUT2D eigenvalue weighted by Gasteiger charge is 2.92. The number of carbonyl (C=O) groups excluding carboxylic acids is 2. The Bertz CT molecular complexity index is 4330. The number of carbonyl (C=O) groups is 2. The van der Waals surface area contributed by atoms with Crippen molar-refractivity contribution >= 4 is 11.9 Å². The van der Waals surface area contributed by atoms with Crippen molar-refractivity contribution in [2.24, 2.45) is 0 Å². The molecule has 6 rings (SSSR count). The minimum absolute atomic E-state index is 0.113. The van der Waals surface area contributed by atoms with E-state index in [-0.39, 0.29) is 66.7 Å². The van der Waals surface area contributed by atoms with Crippen LogP contribution in [0.25, 0.3) is 22.3 Å². The van der Waals surface area contributed by atoms with Crippen LogP contribution in [0.15, 0.2) is 146 Å². The molecule has 20 nitrogen and oxygen atoms in total. The molecule has 0 aliphatic carbocycles. The van der Waals surface area contributed by atoms with Crippen LogP contribution in [0.1, 0.15) is 98.3 Å². The highest BCUT2D eigenvalue weighted by molar-refractivity contribution is 5.92. The molecule has 1 unspecified atom stereocenters. The third-order valence-corrected chi connectivity index (χ3v) is 19.6. The lowest BCUT2D eigenvalue weighted by atomic mass is 9.93. The predicted molar refractivity (Wildman–Crippen MR) is 435 cm³/mol. The molecule has 136 heavy (non-hydrogen) atoms. The van der Waals surface area contributed by atoms with Crippen LogP contribution in [-0.2, 0) is 56.8 Å². The van der Waals surface area contributed by atoms with Crippen molar-refractivity contribution in [2.75, 3.05) is 178 Å². The van der Waals surface area contributed by atoms with Crippen LogP contribution in [0, 0.1) is 0 Å². The summed E-state index contributed by atoms with van der Waals surface area (Å²) in [6, 6.07) is 33.7. The van der Waals surface area contributed by atoms with Gasteiger partial charge in [0.25, 0.3) is 0 Å². The van der Waals surface area contributed by atoms with E-state index in [0.29, 0.717) is 179 Å². The van der Waals surface area contributed by atoms with E-state index in [9.17, 15) is 124 Å². The molecule has 0 bridgehead atoms. The molecule has 0 spiro atoms. The Morgan fingerprint density at radius 1 is 0.235 bits per heavy atom. The van der Waals surface area contributed by atoms with Crippen molar-refractivity contribution in [3.63, 3.8) is 0 Å². The molecule has 6 aromatic rings. The molecule has 0 fully saturated rings. The first kappa shape index (κ1) is 116. The highest BCUT2D eigenvalue weighted by Crippen LogP contribution is 2.63. The molecule has 0 saturated carbocycles. The average molecular weight is 2000 g/mol. The van der Waals surface area contributed by atoms with Crippen LogP contribution in [0.4, 0.5) is 114 Å². The van der Waals surface area contributed by atoms with Crippen LogP contribution < -0.4 is 28.4 Å². The van der Waals surface area contributed by atoms with E-state index in [1.165, 1.54) is 128 Å². The monoisotopic (exact) mass is 2000 g/mol. The maximum atomic E-state index is 14.2. The van der Waals surface area contributed by atoms with Gasteiger partial charge in [0, 0.05) is 0 Å². The Morgan fingerprint density at radius 2 is 0.456 bits per heavy atom. The first-order valence-electron chi connectivity index (χ1n) is 42.6. The summed E-state index contributed by atoms with van der Waals surface area (Å²) in [5.41, 5.74) is 2.15. The van der Waals surface area contributed by atoms with Crippen molar-refractivity contribution in [1.29, 1.82) is 0 Å². The molecule has 6 aromatic carbocycles. The molecule has 46 heteroatoms. The van der Waals surface area contributed by atoms with Gasteiger partial charge in [-0.15, -0.1) is 0 Å². The van der Waals surface area contributed by atoms with Crippen LogP contribution in [0.2, 0.25) is 0 Å². The molecule has 0 saturated heterocycles. The molecular weight excluding hydrogens is 1890 g/mol. The number of hydrogen-bond acceptors (Lipinski definition) is 20. The number of hydrogen-bond donors (Lipinski definition) is 0. The molecule has 766 valence electrons. The third kappa shape index (κ3) is 35.2. The molecule has 0 heterocycles. The van der Waals surface area contributed by atoms with Gasteiger partial charge in [0.05, 0.1) is 196 Å². The van der Waals surface area contributed by atoms with E-state index in [1.807, 2.05) is 0 Å². The minimum Gasteiger partial charge on any atom is -0.493 e. The maximum absolute atomic E-state index is 14.2. The fraction of sp³-hybridized carbons (Fsp3) is 0.578. The first-order chi connectivity index (χ1) is 64.2. The molecule has 0 radical (unpaired) electrons. The Balaban J connectivity index is 0.687. The van der Waals surface area contributed by atoms with E-state index in [2.05, 4.69) is 6.92 Å². The molecule has 0 aliphatic rings. The fourth-order valence-electron chi connectivity index (χ4n) is 11.8. The molecule has 0 N–H and O–H groups in total. The second kappa shape index (κ2) is 55.8. The van der Waals surface area contributed by atoms with Gasteiger partial charge in [-0.2, -0.15) is 114 Å². The number of rotatable bonds is 72. The Hall–Kier alpha value is -8.84. The first-order valence-corrected chi connectivity index (χ1v) is 42.6. The number of halogens is 26. The van der Waals surface area contributed by atoms with Gasteiger partial charge >= 0.3 is 83.5 Å². The predicted octanol–water partition coefficient (Wildman–Crippen LogP) is 22.0. The zero-order valence-corrected chi connectivity index (χ0v) is 73.3. The second-order valence-corrected chi connectivity index (χ2v) is 29.8. The van der Waals surface area contributed by atoms with E-state index in [1.54, 1.807) is 12.1 Å². The van der Waals surface area contributed by atoms with Crippen molar-refractivity contribution in [3.05, 3.63) is 157 Å². The number of benzene rings is 6. The number of alkyl halides is 26. The second-order valence-electron chi connectivity index (χ2n) is 29.8. The van der Waals surface area contributed by atoms with Crippen LogP contribution in [0.3, 0.4) is 0 Å². The van der Waals surface area contributed by atoms with Gasteiger partial charge in [0.2, 0.25) is 0 Å². The smallest absolute Gasteiger partial charge is 0.460 e. The topological polar surface area (TPSA) is 200 Å². The summed E-state index contributed by atoms with van der Waals surface area (Å²) in [7, 11) is 0. The number of esters is 2. The van der Waals surface area contributed by atoms with Gasteiger partial charge in [-0.25, -0.2) is 9.59 Å². The Kier molecular flexibility index (Phi) is 47.6. The Labute approximate surface area is 765 Å². The summed E-state index contributed by atoms with van der Waals surface area (Å²) in [6.07, 6.45) is -10.7. The standard InChI is InChI=1S/C90H104F26O20/c1-2-3-4-5-6-7-8-9-10-76(134-73-33-21-69(22-34-73)78(118)136-75-31-17-67(18-32-75)65-13-25-71(26-14-65)132-38-36-80(93,94)82(97,98)84(101,102)86(105,106)88(109,110)90(114,115)116)63-130-60-59-128-56-55-126-52-51-124-48-47-122-44-43-120-40-39-119-41-42-121-45-46-123-49-50-125-53-54-127-57-58-129-61-62-133-72-27-19-68(20-28-72)77(117)135-74-29-15-66(16-30-74)64-11-23-70(24-12-64)131-37-35-79(91,92)81(95,96)83(99,100)85(103,104)87(107,108)89(111,112)113/h11-34,76H,2-10,35-63H2,1H3. The Morgan fingerprint density at radius 3 is 0.728 bits per heavy atom. The summed E-state index contributed by atoms with van der Waals surface area (Å²) in [6.45, 7) is 7.34. The average Bonchev–Trinajstić information content (AvgIpc) is 0.714. The third-order valence-electron chi connectivity index (χ3n) is 19.6. The van der Waals surface area contributed by atoms with Gasteiger partial charge in [-0.05, 0) is 132 Å². The highest BCUT2D eigenvalue weighted by atomic mass is 19.4. The van der Waals surface area contributed by atoms with Crippen molar-refractivity contribution in [1.82, 2.24) is 0 Å². The van der Waals surface area contributed by atoms with Crippen molar-refractivity contribution < 1.29 is 209 Å². The zero-order chi connectivity index (χ0) is 100. The van der Waals surface area contributed by atoms with Crippen LogP contribution in [0.5, 0.6) is 34.5 Å². The van der Waals surface area contributed by atoms with Crippen LogP contribution >= 0.6 is 0 Å². The number of ether oxygens (including phenoxy) is 18. The van der Waals surface area contributed by atoms with E-state index in [0.717, 1.165) is 56.4 Å². The molecule has 1 atom stereocenters. The van der Waals surface area contributed by atoms with Gasteiger partial charge in [0.1, 0.15) is 47.2 Å². The van der Waals surface area contributed by atoms with Gasteiger partial charge in [-0.1, -0.05) is 100 Å². The zero-order valence-electron chi connectivity index (χ0n) is 73.3. The van der Waals surface area contributed by atoms with E-state index >= 15 is 0 Å². The summed E-state index contributed by atoms with van der Waals surface area (Å²) in [4.78, 5) is 25.9. The van der Waals surface area contributed by atoms with Gasteiger partial charge in [-0.3, -0.25) is 0 Å². The quantitative estimate of drug-likeness (QED) is 0.0151. The van der Waals surface area contributed by atoms with Gasteiger partial charge < -0.3 is 85.3 Å².